The average Bonchev–Trinajstić information content (AvgIpc) is 1.59. The zero-order chi connectivity index (χ0) is 64.9. The van der Waals surface area contributed by atoms with Gasteiger partial charge < -0.3 is 46.6 Å². The van der Waals surface area contributed by atoms with Gasteiger partial charge in [0.05, 0.1) is 22.5 Å². The Labute approximate surface area is 516 Å². The Morgan fingerprint density at radius 1 is 0.844 bits per heavy atom. The van der Waals surface area contributed by atoms with Gasteiger partial charge in [-0.1, -0.05) is 43.7 Å². The summed E-state index contributed by atoms with van der Waals surface area (Å²) >= 11 is 0.799. The van der Waals surface area contributed by atoms with Gasteiger partial charge in [0.15, 0.2) is 0 Å². The zero-order valence-corrected chi connectivity index (χ0v) is 50.6. The van der Waals surface area contributed by atoms with Crippen molar-refractivity contribution in [2.24, 2.45) is 5.73 Å². The lowest BCUT2D eigenvalue weighted by atomic mass is 10.00. The van der Waals surface area contributed by atoms with E-state index >= 15 is 4.39 Å². The number of primary amides is 1. The molecule has 24 nitrogen and oxygen atoms in total. The van der Waals surface area contributed by atoms with Crippen LogP contribution in [0.25, 0.3) is 10.1 Å². The lowest BCUT2D eigenvalue weighted by Gasteiger charge is -2.39. The number of nitrogens with zero attached hydrogens (tertiary/aromatic N) is 5. The first-order valence-electron chi connectivity index (χ1n) is 29.6. The maximum Gasteiger partial charge on any atom is 0.399 e. The summed E-state index contributed by atoms with van der Waals surface area (Å²) in [5.74, 6) is -8.98. The van der Waals surface area contributed by atoms with Gasteiger partial charge in [-0.2, -0.15) is 8.78 Å². The molecule has 1 unspecified atom stereocenters. The quantitative estimate of drug-likeness (QED) is 0.0284. The van der Waals surface area contributed by atoms with Crippen LogP contribution in [0.5, 0.6) is 0 Å². The number of unbranched alkanes of at least 4 members (excludes halogenated alkanes) is 1. The van der Waals surface area contributed by atoms with Gasteiger partial charge in [-0.25, -0.2) is 13.2 Å². The van der Waals surface area contributed by atoms with Crippen LogP contribution in [0.2, 0.25) is 0 Å². The Morgan fingerprint density at radius 2 is 1.56 bits per heavy atom. The van der Waals surface area contributed by atoms with E-state index in [4.69, 9.17) is 5.73 Å². The number of halogens is 5. The maximum absolute atomic E-state index is 15.1. The second-order valence-electron chi connectivity index (χ2n) is 23.0. The molecule has 1 aromatic heterocycles. The lowest BCUT2D eigenvalue weighted by Crippen LogP contribution is -2.62. The minimum atomic E-state index is -5.95. The molecular weight excluding hydrogens is 1230 g/mol. The molecule has 9 rings (SSSR count). The SMILES string of the molecule is CCCCc1ccc(C[C@H](NC(=O)[C@H](CCC(N)=O)NC(=O)[C@@H]2CC[C@@H]3CCN(CC(F)F)C[C@H](NC(=O)c4cc5cc(C(F)(F)P(=O)(O)O)ccc5s4)C(=O)N32)C(=O)N2CCN(CCNc3ccc(F)c4c3C(=O)N(C3CCC(=O)NC3=O)C4=O)CC2)cc1. The molecule has 0 spiro atoms. The van der Waals surface area contributed by atoms with E-state index in [1.54, 1.807) is 4.90 Å². The number of imide groups is 2. The highest BCUT2D eigenvalue weighted by Crippen LogP contribution is 2.59. The van der Waals surface area contributed by atoms with Crippen molar-refractivity contribution in [2.45, 2.75) is 126 Å². The van der Waals surface area contributed by atoms with E-state index in [1.165, 1.54) is 21.9 Å². The molecule has 6 heterocycles. The molecule has 90 heavy (non-hydrogen) atoms. The highest BCUT2D eigenvalue weighted by atomic mass is 32.1. The second-order valence-corrected chi connectivity index (χ2v) is 25.8. The highest BCUT2D eigenvalue weighted by Gasteiger charge is 2.51. The van der Waals surface area contributed by atoms with Gasteiger partial charge in [0.2, 0.25) is 41.4 Å². The first kappa shape index (κ1) is 66.7. The van der Waals surface area contributed by atoms with Crippen molar-refractivity contribution in [3.05, 3.63) is 99.2 Å². The number of fused-ring (bicyclic) bond motifs is 3. The molecular formula is C59H69F5N11O13PS. The molecule has 0 aliphatic carbocycles. The fourth-order valence-corrected chi connectivity index (χ4v) is 13.5. The van der Waals surface area contributed by atoms with Crippen molar-refractivity contribution in [2.75, 3.05) is 64.2 Å². The fraction of sp³-hybridized carbons (Fsp3) is 0.492. The molecule has 4 saturated heterocycles. The van der Waals surface area contributed by atoms with Crippen LogP contribution < -0.4 is 32.3 Å². The Balaban J connectivity index is 0.878. The van der Waals surface area contributed by atoms with Crippen LogP contribution in [-0.2, 0) is 56.6 Å². The van der Waals surface area contributed by atoms with E-state index in [-0.39, 0.29) is 97.3 Å². The number of anilines is 1. The fourth-order valence-electron chi connectivity index (χ4n) is 12.1. The van der Waals surface area contributed by atoms with Crippen molar-refractivity contribution in [1.29, 1.82) is 0 Å². The van der Waals surface area contributed by atoms with Gasteiger partial charge in [0, 0.05) is 93.6 Å². The Bertz CT molecular complexity index is 3510. The number of alkyl halides is 4. The third kappa shape index (κ3) is 15.0. The Kier molecular flexibility index (Phi) is 20.9. The number of aryl methyl sites for hydroxylation is 1. The van der Waals surface area contributed by atoms with Gasteiger partial charge in [-0.3, -0.25) is 72.5 Å². The van der Waals surface area contributed by atoms with Crippen LogP contribution in [0.15, 0.2) is 60.7 Å². The predicted octanol–water partition coefficient (Wildman–Crippen LogP) is 3.17. The third-order valence-corrected chi connectivity index (χ3v) is 19.0. The molecule has 9 N–H and O–H groups in total. The maximum atomic E-state index is 15.1. The van der Waals surface area contributed by atoms with Crippen LogP contribution in [-0.4, -0.2) is 195 Å². The Morgan fingerprint density at radius 3 is 2.23 bits per heavy atom. The molecule has 31 heteroatoms. The highest BCUT2D eigenvalue weighted by molar-refractivity contribution is 7.52. The number of nitrogens with one attached hydrogen (secondary N) is 5. The van der Waals surface area contributed by atoms with Gasteiger partial charge in [0.1, 0.15) is 36.0 Å². The molecule has 6 atom stereocenters. The molecule has 484 valence electrons. The minimum Gasteiger partial charge on any atom is -0.383 e. The standard InChI is InChI=1S/C59H69F5N11O13PS/c1-2-3-4-32-5-7-33(8-6-32)27-40(55(82)73-25-23-71(24-26-73)22-20-66-38-12-11-37(60)49-50(38)58(85)75(57(49)84)43-15-18-48(77)70-53(43)80)68-51(78)39(13-17-47(65)76)67-52(79)42-14-10-36-19-21-72(31-46(61)62)30-41(56(83)74(36)42)69-54(81)45-29-34-28-35(9-16-44(34)90-45)59(63,64)89(86,87)88/h5-9,11-12,16,28-29,36,39-43,46,66H,2-4,10,13-15,17-27,30-31H2,1H3,(H2,65,76)(H,67,79)(H,68,78)(H,69,81)(H,70,77,80)(H2,86,87,88)/t36-,39+,40+,41+,42+,43?/m1/s1. The summed E-state index contributed by atoms with van der Waals surface area (Å²) < 4.78 is 84.2. The van der Waals surface area contributed by atoms with Crippen LogP contribution in [0.3, 0.4) is 0 Å². The molecule has 0 bridgehead atoms. The summed E-state index contributed by atoms with van der Waals surface area (Å²) in [7, 11) is -5.95. The van der Waals surface area contributed by atoms with Gasteiger partial charge in [0.25, 0.3) is 24.1 Å². The molecule has 3 aromatic carbocycles. The number of rotatable bonds is 24. The summed E-state index contributed by atoms with van der Waals surface area (Å²) in [5.41, 5.74) is 1.15. The molecule has 0 radical (unpaired) electrons. The molecule has 5 aliphatic heterocycles. The normalized spacial score (nSPS) is 20.9. The minimum absolute atomic E-state index is 0.000782. The molecule has 10 amide bonds. The smallest absolute Gasteiger partial charge is 0.383 e. The van der Waals surface area contributed by atoms with Crippen LogP contribution >= 0.6 is 18.9 Å². The van der Waals surface area contributed by atoms with E-state index in [2.05, 4.69) is 33.5 Å². The molecule has 5 aliphatic rings. The van der Waals surface area contributed by atoms with Crippen molar-refractivity contribution in [1.82, 2.24) is 45.8 Å². The van der Waals surface area contributed by atoms with E-state index in [0.717, 1.165) is 60.4 Å². The van der Waals surface area contributed by atoms with Crippen molar-refractivity contribution < 1.29 is 84.2 Å². The van der Waals surface area contributed by atoms with Crippen LogP contribution in [0.4, 0.5) is 27.6 Å². The number of carbonyl (C=O) groups excluding carboxylic acids is 10. The van der Waals surface area contributed by atoms with Crippen molar-refractivity contribution in [3.8, 4) is 0 Å². The summed E-state index contributed by atoms with van der Waals surface area (Å²) in [4.78, 5) is 162. The first-order chi connectivity index (χ1) is 42.7. The molecule has 4 fully saturated rings. The van der Waals surface area contributed by atoms with Crippen LogP contribution in [0, 0.1) is 5.82 Å². The largest absolute Gasteiger partial charge is 0.399 e. The summed E-state index contributed by atoms with van der Waals surface area (Å²) in [6.45, 7) is 2.46. The third-order valence-electron chi connectivity index (χ3n) is 16.9. The zero-order valence-electron chi connectivity index (χ0n) is 48.9. The van der Waals surface area contributed by atoms with E-state index < -0.39 is 151 Å². The molecule has 0 saturated carbocycles. The van der Waals surface area contributed by atoms with Crippen molar-refractivity contribution in [3.63, 3.8) is 0 Å². The first-order valence-corrected chi connectivity index (χ1v) is 32.0. The average molecular weight is 1300 g/mol. The van der Waals surface area contributed by atoms with Gasteiger partial charge >= 0.3 is 13.3 Å². The van der Waals surface area contributed by atoms with Gasteiger partial charge in [-0.05, 0) is 91.8 Å². The summed E-state index contributed by atoms with van der Waals surface area (Å²) in [5, 5.41) is 13.3. The number of piperidine rings is 1. The van der Waals surface area contributed by atoms with Crippen molar-refractivity contribution >= 4 is 93.8 Å². The number of hydrogen-bond acceptors (Lipinski definition) is 15. The topological polar surface area (TPSA) is 331 Å². The predicted molar refractivity (Wildman–Crippen MR) is 315 cm³/mol. The number of benzene rings is 3. The summed E-state index contributed by atoms with van der Waals surface area (Å²) in [6, 6.07) is 6.21. The van der Waals surface area contributed by atoms with E-state index in [1.807, 2.05) is 29.2 Å². The number of piperazine rings is 1. The number of carbonyl (C=O) groups is 10. The monoisotopic (exact) mass is 1300 g/mol. The number of amides is 10. The van der Waals surface area contributed by atoms with E-state index in [9.17, 15) is 79.9 Å². The molecule has 4 aromatic rings. The lowest BCUT2D eigenvalue weighted by molar-refractivity contribution is -0.144. The number of thiophene rings is 1. The number of nitrogens with two attached hydrogens (primary N) is 1. The van der Waals surface area contributed by atoms with E-state index in [0.29, 0.717) is 30.1 Å². The second kappa shape index (κ2) is 28.2. The summed E-state index contributed by atoms with van der Waals surface area (Å²) in [6.07, 6.45) is -0.725. The Hall–Kier alpha value is -7.76. The number of hydrogen-bond donors (Lipinski definition) is 8. The van der Waals surface area contributed by atoms with Gasteiger partial charge in [-0.15, -0.1) is 11.3 Å². The van der Waals surface area contributed by atoms with Crippen LogP contribution in [0.1, 0.15) is 112 Å².